The van der Waals surface area contributed by atoms with E-state index in [9.17, 15) is 0 Å². The first kappa shape index (κ1) is 15.6. The number of rotatable bonds is 8. The predicted molar refractivity (Wildman–Crippen MR) is 82.0 cm³/mol. The van der Waals surface area contributed by atoms with E-state index >= 15 is 0 Å². The van der Waals surface area contributed by atoms with Gasteiger partial charge in [0.1, 0.15) is 0 Å². The number of allylic oxidation sites excluding steroid dienone is 4. The van der Waals surface area contributed by atoms with E-state index in [1.165, 1.54) is 0 Å². The SMILES string of the molecule is C=CCB(CC=C)/C(=[CH]\[Ge]([CH3])([CH3])[CH3])CC=C. The summed E-state index contributed by atoms with van der Waals surface area (Å²) in [6, 6.07) is 0. The first-order valence-electron chi connectivity index (χ1n) is 5.99. The molecule has 0 aliphatic carbocycles. The normalized spacial score (nSPS) is 12.1. The molecule has 0 heterocycles. The Balaban J connectivity index is 4.95. The quantitative estimate of drug-likeness (QED) is 0.442. The second-order valence-electron chi connectivity index (χ2n) is 5.32. The van der Waals surface area contributed by atoms with E-state index in [0.717, 1.165) is 19.1 Å². The van der Waals surface area contributed by atoms with Gasteiger partial charge in [0.05, 0.1) is 0 Å². The topological polar surface area (TPSA) is 0 Å². The fourth-order valence-electron chi connectivity index (χ4n) is 1.87. The molecular weight excluding hydrogens is 252 g/mol. The Labute approximate surface area is 105 Å². The summed E-state index contributed by atoms with van der Waals surface area (Å²) >= 11 is -1.64. The molecule has 0 saturated heterocycles. The molecule has 0 aromatic rings. The second-order valence-corrected chi connectivity index (χ2v) is 15.9. The van der Waals surface area contributed by atoms with Crippen LogP contribution < -0.4 is 0 Å². The second kappa shape index (κ2) is 7.78. The molecule has 0 aromatic heterocycles. The number of hydrogen-bond donors (Lipinski definition) is 0. The Morgan fingerprint density at radius 1 is 1.00 bits per heavy atom. The monoisotopic (exact) mass is 278 g/mol. The maximum atomic E-state index is 3.86. The molecule has 0 amide bonds. The average molecular weight is 277 g/mol. The molecule has 0 aromatic carbocycles. The van der Waals surface area contributed by atoms with E-state index in [4.69, 9.17) is 0 Å². The summed E-state index contributed by atoms with van der Waals surface area (Å²) in [6.45, 7) is 12.1. The van der Waals surface area contributed by atoms with Gasteiger partial charge in [0.25, 0.3) is 0 Å². The molecule has 16 heavy (non-hydrogen) atoms. The molecule has 0 radical (unpaired) electrons. The zero-order chi connectivity index (χ0) is 12.6. The summed E-state index contributed by atoms with van der Waals surface area (Å²) in [7, 11) is 0. The van der Waals surface area contributed by atoms with E-state index in [0.29, 0.717) is 6.71 Å². The van der Waals surface area contributed by atoms with Crippen LogP contribution >= 0.6 is 0 Å². The van der Waals surface area contributed by atoms with Gasteiger partial charge in [0.15, 0.2) is 0 Å². The molecule has 0 saturated carbocycles. The molecule has 2 heteroatoms. The van der Waals surface area contributed by atoms with Gasteiger partial charge in [-0.05, 0) is 0 Å². The van der Waals surface area contributed by atoms with E-state index in [2.05, 4.69) is 41.9 Å². The van der Waals surface area contributed by atoms with Gasteiger partial charge in [-0.2, -0.15) is 0 Å². The Bertz CT molecular complexity index is 261. The Hall–Kier alpha value is -0.432. The first-order chi connectivity index (χ1) is 7.44. The van der Waals surface area contributed by atoms with Crippen LogP contribution in [0.1, 0.15) is 6.42 Å². The Morgan fingerprint density at radius 2 is 1.50 bits per heavy atom. The summed E-state index contributed by atoms with van der Waals surface area (Å²) in [5.74, 6) is 7.26. The van der Waals surface area contributed by atoms with Gasteiger partial charge in [-0.3, -0.25) is 0 Å². The van der Waals surface area contributed by atoms with Crippen molar-refractivity contribution < 1.29 is 0 Å². The van der Waals surface area contributed by atoms with Crippen LogP contribution in [-0.4, -0.2) is 20.0 Å². The molecule has 0 rings (SSSR count). The summed E-state index contributed by atoms with van der Waals surface area (Å²) in [6.07, 6.45) is 9.14. The first-order valence-corrected chi connectivity index (χ1v) is 13.5. The molecule has 0 spiro atoms. The number of hydrogen-bond acceptors (Lipinski definition) is 0. The zero-order valence-corrected chi connectivity index (χ0v) is 13.2. The van der Waals surface area contributed by atoms with Gasteiger partial charge in [-0.15, -0.1) is 0 Å². The molecule has 0 aliphatic rings. The standard InChI is InChI=1S/C14H25BGe/c1-7-10-14(13-16(4,5)6)15(11-8-2)12-9-3/h7-9,13H,1-3,10-12H2,4-6H3/b14-13-. The van der Waals surface area contributed by atoms with Crippen molar-refractivity contribution in [2.24, 2.45) is 0 Å². The molecule has 0 fully saturated rings. The van der Waals surface area contributed by atoms with Crippen LogP contribution in [-0.2, 0) is 0 Å². The molecular formula is C14H25BGe. The zero-order valence-electron chi connectivity index (χ0n) is 11.1. The fraction of sp³-hybridized carbons (Fsp3) is 0.429. The summed E-state index contributed by atoms with van der Waals surface area (Å²) in [5.41, 5.74) is 1.54. The van der Waals surface area contributed by atoms with Gasteiger partial charge in [-0.25, -0.2) is 0 Å². The average Bonchev–Trinajstić information content (AvgIpc) is 2.15. The molecule has 0 unspecified atom stereocenters. The van der Waals surface area contributed by atoms with Crippen molar-refractivity contribution in [3.63, 3.8) is 0 Å². The van der Waals surface area contributed by atoms with Crippen molar-refractivity contribution in [1.29, 1.82) is 0 Å². The molecule has 0 bridgehead atoms. The summed E-state index contributed by atoms with van der Waals surface area (Å²) in [5, 5.41) is 0. The minimum absolute atomic E-state index is 0.581. The van der Waals surface area contributed by atoms with Crippen molar-refractivity contribution >= 4 is 20.0 Å². The molecule has 0 atom stereocenters. The third-order valence-corrected chi connectivity index (χ3v) is 5.02. The van der Waals surface area contributed by atoms with E-state index < -0.39 is 13.3 Å². The van der Waals surface area contributed by atoms with Crippen molar-refractivity contribution in [3.8, 4) is 0 Å². The molecule has 88 valence electrons. The minimum atomic E-state index is -1.64. The van der Waals surface area contributed by atoms with Gasteiger partial charge in [0.2, 0.25) is 0 Å². The van der Waals surface area contributed by atoms with Crippen LogP contribution in [0.2, 0.25) is 29.9 Å². The predicted octanol–water partition coefficient (Wildman–Crippen LogP) is 4.77. The third-order valence-electron chi connectivity index (χ3n) is 2.43. The van der Waals surface area contributed by atoms with Gasteiger partial charge in [0, 0.05) is 0 Å². The van der Waals surface area contributed by atoms with Crippen molar-refractivity contribution in [2.45, 2.75) is 36.3 Å². The van der Waals surface area contributed by atoms with E-state index in [-0.39, 0.29) is 0 Å². The van der Waals surface area contributed by atoms with Crippen molar-refractivity contribution in [3.05, 3.63) is 48.3 Å². The summed E-state index contributed by atoms with van der Waals surface area (Å²) < 4.78 is 0. The van der Waals surface area contributed by atoms with Gasteiger partial charge < -0.3 is 0 Å². The fourth-order valence-corrected chi connectivity index (χ4v) is 4.94. The van der Waals surface area contributed by atoms with E-state index in [1.807, 2.05) is 18.2 Å². The third kappa shape index (κ3) is 6.94. The van der Waals surface area contributed by atoms with Gasteiger partial charge >= 0.3 is 105 Å². The van der Waals surface area contributed by atoms with Crippen LogP contribution in [0.3, 0.4) is 0 Å². The van der Waals surface area contributed by atoms with Crippen LogP contribution in [0, 0.1) is 0 Å². The van der Waals surface area contributed by atoms with Crippen LogP contribution in [0.25, 0.3) is 0 Å². The molecule has 0 N–H and O–H groups in total. The van der Waals surface area contributed by atoms with Crippen LogP contribution in [0.5, 0.6) is 0 Å². The van der Waals surface area contributed by atoms with E-state index in [1.54, 1.807) is 5.47 Å². The van der Waals surface area contributed by atoms with Crippen molar-refractivity contribution in [1.82, 2.24) is 0 Å². The molecule has 0 nitrogen and oxygen atoms in total. The van der Waals surface area contributed by atoms with Crippen LogP contribution in [0.15, 0.2) is 48.3 Å². The van der Waals surface area contributed by atoms with Crippen molar-refractivity contribution in [2.75, 3.05) is 0 Å². The van der Waals surface area contributed by atoms with Crippen LogP contribution in [0.4, 0.5) is 0 Å². The Kier molecular flexibility index (Phi) is 7.57. The van der Waals surface area contributed by atoms with Gasteiger partial charge in [-0.1, -0.05) is 0 Å². The Morgan fingerprint density at radius 3 is 1.81 bits per heavy atom. The maximum absolute atomic E-state index is 3.86. The summed E-state index contributed by atoms with van der Waals surface area (Å²) in [4.78, 5) is 2.55. The molecule has 0 aliphatic heterocycles.